The molecule has 262 valence electrons. The Hall–Kier alpha value is -6.21. The van der Waals surface area contributed by atoms with E-state index in [0.29, 0.717) is 5.82 Å². The van der Waals surface area contributed by atoms with Gasteiger partial charge in [0.05, 0.1) is 11.9 Å². The highest BCUT2D eigenvalue weighted by atomic mass is 15.6. The average Bonchev–Trinajstić information content (AvgIpc) is 3.72. The molecule has 0 radical (unpaired) electrons. The third-order valence-corrected chi connectivity index (χ3v) is 11.7. The fourth-order valence-electron chi connectivity index (χ4n) is 9.17. The maximum atomic E-state index is 5.57. The number of hydrazone groups is 1. The van der Waals surface area contributed by atoms with Crippen molar-refractivity contribution in [2.45, 2.75) is 51.4 Å². The highest BCUT2D eigenvalue weighted by Gasteiger charge is 2.56. The number of likely N-dealkylation sites (N-methyl/N-ethyl adjacent to an activating group) is 1. The summed E-state index contributed by atoms with van der Waals surface area (Å²) >= 11 is 0. The topological polar surface area (TPSA) is 51.1 Å². The van der Waals surface area contributed by atoms with Crippen LogP contribution in [-0.4, -0.2) is 35.2 Å². The van der Waals surface area contributed by atoms with Crippen molar-refractivity contribution in [1.82, 2.24) is 9.97 Å². The zero-order valence-corrected chi connectivity index (χ0v) is 30.7. The molecule has 0 fully saturated rings. The third-order valence-electron chi connectivity index (χ3n) is 11.7. The van der Waals surface area contributed by atoms with Crippen LogP contribution in [0.3, 0.4) is 0 Å². The van der Waals surface area contributed by atoms with Crippen LogP contribution in [0.2, 0.25) is 0 Å². The molecule has 0 spiro atoms. The minimum absolute atomic E-state index is 0.236. The van der Waals surface area contributed by atoms with E-state index < -0.39 is 0 Å². The van der Waals surface area contributed by atoms with Gasteiger partial charge in [-0.2, -0.15) is 5.10 Å². The van der Waals surface area contributed by atoms with Gasteiger partial charge < -0.3 is 4.90 Å². The Morgan fingerprint density at radius 2 is 1.42 bits per heavy atom. The zero-order chi connectivity index (χ0) is 36.4. The van der Waals surface area contributed by atoms with Gasteiger partial charge in [-0.1, -0.05) is 124 Å². The van der Waals surface area contributed by atoms with Gasteiger partial charge in [-0.15, -0.1) is 0 Å². The van der Waals surface area contributed by atoms with Crippen molar-refractivity contribution in [2.75, 3.05) is 26.8 Å². The number of amidine groups is 1. The van der Waals surface area contributed by atoms with Crippen LogP contribution in [0.4, 0.5) is 28.6 Å². The first kappa shape index (κ1) is 32.7. The van der Waals surface area contributed by atoms with Crippen molar-refractivity contribution >= 4 is 45.5 Å². The quantitative estimate of drug-likeness (QED) is 0.158. The number of nitrogens with zero attached hydrogens (tertiary/aromatic N) is 7. The average molecular weight is 694 g/mol. The molecule has 0 amide bonds. The van der Waals surface area contributed by atoms with E-state index in [0.717, 1.165) is 64.0 Å². The summed E-state index contributed by atoms with van der Waals surface area (Å²) in [6, 6.07) is 39.2. The van der Waals surface area contributed by atoms with Crippen LogP contribution in [-0.2, 0) is 5.41 Å². The van der Waals surface area contributed by atoms with Crippen LogP contribution >= 0.6 is 0 Å². The molecule has 7 heteroatoms. The van der Waals surface area contributed by atoms with E-state index in [1.54, 1.807) is 0 Å². The van der Waals surface area contributed by atoms with E-state index in [4.69, 9.17) is 15.1 Å². The maximum absolute atomic E-state index is 5.57. The molecule has 4 aliphatic rings. The maximum Gasteiger partial charge on any atom is 0.162 e. The van der Waals surface area contributed by atoms with Crippen LogP contribution in [0.15, 0.2) is 157 Å². The first-order chi connectivity index (χ1) is 26.0. The van der Waals surface area contributed by atoms with Crippen LogP contribution in [0.5, 0.6) is 0 Å². The van der Waals surface area contributed by atoms with Crippen molar-refractivity contribution in [3.05, 3.63) is 174 Å². The second kappa shape index (κ2) is 12.5. The number of anilines is 5. The predicted molar refractivity (Wildman–Crippen MR) is 220 cm³/mol. The summed E-state index contributed by atoms with van der Waals surface area (Å²) in [5.74, 6) is 2.42. The van der Waals surface area contributed by atoms with Crippen LogP contribution < -0.4 is 19.7 Å². The SMILES string of the molecule is C=CC(C)=C(C=C)c1ncc2c(n1)N1c3ccccc3C(CC)(CC)C3=C(C4N(N=C(c5ccccc5)N4c4ccccc4)c4ccccc43)C1N2C. The fourth-order valence-corrected chi connectivity index (χ4v) is 9.17. The first-order valence-electron chi connectivity index (χ1n) is 18.5. The summed E-state index contributed by atoms with van der Waals surface area (Å²) < 4.78 is 0. The van der Waals surface area contributed by atoms with Gasteiger partial charge in [0.15, 0.2) is 23.6 Å². The number of para-hydroxylation sites is 3. The van der Waals surface area contributed by atoms with Crippen LogP contribution in [0, 0.1) is 0 Å². The summed E-state index contributed by atoms with van der Waals surface area (Å²) in [6.45, 7) is 14.9. The van der Waals surface area contributed by atoms with Crippen LogP contribution in [0.1, 0.15) is 56.1 Å². The number of fused-ring (bicyclic) bond motifs is 11. The molecule has 5 heterocycles. The lowest BCUT2D eigenvalue weighted by Crippen LogP contribution is -2.54. The van der Waals surface area contributed by atoms with Gasteiger partial charge in [0.2, 0.25) is 0 Å². The normalized spacial score (nSPS) is 19.6. The van der Waals surface area contributed by atoms with Crippen molar-refractivity contribution in [2.24, 2.45) is 5.10 Å². The molecule has 2 atom stereocenters. The van der Waals surface area contributed by atoms with Crippen LogP contribution in [0.25, 0.3) is 11.1 Å². The molecule has 53 heavy (non-hydrogen) atoms. The summed E-state index contributed by atoms with van der Waals surface area (Å²) in [5, 5.41) is 7.84. The lowest BCUT2D eigenvalue weighted by atomic mass is 9.65. The predicted octanol–water partition coefficient (Wildman–Crippen LogP) is 10.1. The van der Waals surface area contributed by atoms with Crippen molar-refractivity contribution < 1.29 is 0 Å². The van der Waals surface area contributed by atoms with Gasteiger partial charge in [0.25, 0.3) is 0 Å². The Kier molecular flexibility index (Phi) is 7.70. The number of hydrogen-bond acceptors (Lipinski definition) is 7. The molecule has 5 aromatic rings. The van der Waals surface area contributed by atoms with Gasteiger partial charge >= 0.3 is 0 Å². The smallest absolute Gasteiger partial charge is 0.162 e. The van der Waals surface area contributed by atoms with Gasteiger partial charge in [-0.25, -0.2) is 15.0 Å². The van der Waals surface area contributed by atoms with Gasteiger partial charge in [0, 0.05) is 46.1 Å². The highest BCUT2D eigenvalue weighted by molar-refractivity contribution is 6.14. The minimum atomic E-state index is -0.307. The highest BCUT2D eigenvalue weighted by Crippen LogP contribution is 2.61. The molecule has 7 nitrogen and oxygen atoms in total. The number of hydrogen-bond donors (Lipinski definition) is 0. The Labute approximate surface area is 312 Å². The Balaban J connectivity index is 1.40. The molecule has 4 aromatic carbocycles. The van der Waals surface area contributed by atoms with E-state index in [9.17, 15) is 0 Å². The van der Waals surface area contributed by atoms with E-state index in [-0.39, 0.29) is 17.7 Å². The van der Waals surface area contributed by atoms with E-state index >= 15 is 0 Å². The molecular weight excluding hydrogens is 651 g/mol. The van der Waals surface area contributed by atoms with E-state index in [1.807, 2.05) is 25.3 Å². The number of rotatable bonds is 7. The molecule has 0 aliphatic carbocycles. The molecule has 0 saturated carbocycles. The van der Waals surface area contributed by atoms with Gasteiger partial charge in [-0.05, 0) is 60.7 Å². The second-order valence-electron chi connectivity index (χ2n) is 14.1. The molecule has 0 N–H and O–H groups in total. The van der Waals surface area contributed by atoms with Crippen molar-refractivity contribution in [3.8, 4) is 0 Å². The second-order valence-corrected chi connectivity index (χ2v) is 14.1. The Bertz CT molecular complexity index is 2370. The number of allylic oxidation sites excluding steroid dienone is 5. The molecule has 4 aliphatic heterocycles. The van der Waals surface area contributed by atoms with E-state index in [2.05, 4.69) is 163 Å². The molecule has 9 rings (SSSR count). The number of aromatic nitrogens is 2. The van der Waals surface area contributed by atoms with Crippen molar-refractivity contribution in [1.29, 1.82) is 0 Å². The van der Waals surface area contributed by atoms with Gasteiger partial charge in [-0.3, -0.25) is 9.80 Å². The van der Waals surface area contributed by atoms with E-state index in [1.165, 1.54) is 22.3 Å². The fraction of sp³-hybridized carbons (Fsp3) is 0.196. The standard InChI is InChI=1S/C46H43N7/c1-7-30(5)33(8-2)41-47-29-38-43(48-41)52-37-28-20-18-26-35(37)46(9-3,10-4)40-34-25-17-19-27-36(34)53-45(39(40)44(52)50(38)6)51(32-23-15-12-16-24-32)42(49-53)31-21-13-11-14-22-31/h7-8,11-29,44-45H,1-2,9-10H2,3-6H3. The van der Waals surface area contributed by atoms with Crippen molar-refractivity contribution in [3.63, 3.8) is 0 Å². The largest absolute Gasteiger partial charge is 0.346 e. The Morgan fingerprint density at radius 3 is 2.11 bits per heavy atom. The minimum Gasteiger partial charge on any atom is -0.346 e. The molecule has 2 unspecified atom stereocenters. The van der Waals surface area contributed by atoms with Gasteiger partial charge in [0.1, 0.15) is 11.9 Å². The first-order valence-corrected chi connectivity index (χ1v) is 18.5. The number of benzene rings is 4. The lowest BCUT2D eigenvalue weighted by molar-refractivity contribution is 0.508. The summed E-state index contributed by atoms with van der Waals surface area (Å²) in [6.07, 6.45) is 6.99. The lowest BCUT2D eigenvalue weighted by Gasteiger charge is -2.46. The zero-order valence-electron chi connectivity index (χ0n) is 30.7. The monoisotopic (exact) mass is 693 g/mol. The Morgan fingerprint density at radius 1 is 0.755 bits per heavy atom. The third kappa shape index (κ3) is 4.56. The molecule has 0 bridgehead atoms. The molecule has 0 saturated heterocycles. The summed E-state index contributed by atoms with van der Waals surface area (Å²) in [7, 11) is 2.19. The molecule has 1 aromatic heterocycles. The molecular formula is C46H43N7. The summed E-state index contributed by atoms with van der Waals surface area (Å²) in [5.41, 5.74) is 12.1. The summed E-state index contributed by atoms with van der Waals surface area (Å²) in [4.78, 5) is 17.6.